The van der Waals surface area contributed by atoms with Crippen molar-refractivity contribution in [2.24, 2.45) is 0 Å². The number of rotatable bonds is 1. The first-order chi connectivity index (χ1) is 8.75. The smallest absolute Gasteiger partial charge is 0.134 e. The molecule has 0 aliphatic heterocycles. The van der Waals surface area contributed by atoms with Crippen molar-refractivity contribution in [3.05, 3.63) is 65.4 Å². The van der Waals surface area contributed by atoms with E-state index in [4.69, 9.17) is 11.6 Å². The van der Waals surface area contributed by atoms with Crippen molar-refractivity contribution < 1.29 is 4.39 Å². The molecular formula is C15H9ClFN. The molecule has 3 rings (SSSR count). The highest BCUT2D eigenvalue weighted by molar-refractivity contribution is 6.33. The molecule has 0 amide bonds. The fourth-order valence-electron chi connectivity index (χ4n) is 1.95. The number of fused-ring (bicyclic) bond motifs is 1. The molecule has 18 heavy (non-hydrogen) atoms. The van der Waals surface area contributed by atoms with Crippen LogP contribution in [0.2, 0.25) is 5.02 Å². The fraction of sp³-hybridized carbons (Fsp3) is 0. The molecule has 88 valence electrons. The van der Waals surface area contributed by atoms with E-state index >= 15 is 0 Å². The van der Waals surface area contributed by atoms with Gasteiger partial charge in [-0.25, -0.2) is 9.37 Å². The third kappa shape index (κ3) is 1.85. The standard InChI is InChI=1S/C15H9ClFN/c16-11-5-3-6-12(17)15(11)14-9-8-10-4-1-2-7-13(10)18-14/h1-9H. The van der Waals surface area contributed by atoms with Crippen LogP contribution in [0.1, 0.15) is 0 Å². The number of para-hydroxylation sites is 1. The summed E-state index contributed by atoms with van der Waals surface area (Å²) in [4.78, 5) is 4.44. The average molecular weight is 258 g/mol. The Balaban J connectivity index is 2.26. The zero-order valence-electron chi connectivity index (χ0n) is 9.40. The Hall–Kier alpha value is -1.93. The first-order valence-corrected chi connectivity index (χ1v) is 5.94. The summed E-state index contributed by atoms with van der Waals surface area (Å²) in [5.41, 5.74) is 1.73. The van der Waals surface area contributed by atoms with E-state index in [-0.39, 0.29) is 5.82 Å². The molecule has 3 heteroatoms. The summed E-state index contributed by atoms with van der Waals surface area (Å²) in [7, 11) is 0. The predicted molar refractivity (Wildman–Crippen MR) is 72.1 cm³/mol. The van der Waals surface area contributed by atoms with Gasteiger partial charge >= 0.3 is 0 Å². The summed E-state index contributed by atoms with van der Waals surface area (Å²) < 4.78 is 13.8. The molecular weight excluding hydrogens is 249 g/mol. The van der Waals surface area contributed by atoms with Crippen LogP contribution in [0.5, 0.6) is 0 Å². The van der Waals surface area contributed by atoms with Crippen molar-refractivity contribution in [2.75, 3.05) is 0 Å². The lowest BCUT2D eigenvalue weighted by Crippen LogP contribution is -1.89. The van der Waals surface area contributed by atoms with Gasteiger partial charge in [0.15, 0.2) is 0 Å². The normalized spacial score (nSPS) is 10.8. The minimum atomic E-state index is -0.356. The van der Waals surface area contributed by atoms with Gasteiger partial charge in [0.25, 0.3) is 0 Å². The Morgan fingerprint density at radius 1 is 0.889 bits per heavy atom. The van der Waals surface area contributed by atoms with Crippen molar-refractivity contribution in [2.45, 2.75) is 0 Å². The third-order valence-electron chi connectivity index (χ3n) is 2.82. The van der Waals surface area contributed by atoms with Crippen molar-refractivity contribution in [3.63, 3.8) is 0 Å². The summed E-state index contributed by atoms with van der Waals surface area (Å²) in [5, 5.41) is 1.39. The average Bonchev–Trinajstić information content (AvgIpc) is 2.38. The van der Waals surface area contributed by atoms with Crippen LogP contribution in [0.4, 0.5) is 4.39 Å². The molecule has 3 aromatic rings. The minimum Gasteiger partial charge on any atom is -0.248 e. The summed E-state index contributed by atoms with van der Waals surface area (Å²) in [5.74, 6) is -0.356. The number of hydrogen-bond acceptors (Lipinski definition) is 1. The number of pyridine rings is 1. The van der Waals surface area contributed by atoms with E-state index < -0.39 is 0 Å². The largest absolute Gasteiger partial charge is 0.248 e. The zero-order valence-corrected chi connectivity index (χ0v) is 10.2. The summed E-state index contributed by atoms with van der Waals surface area (Å²) in [6.45, 7) is 0. The maximum atomic E-state index is 13.8. The molecule has 0 spiro atoms. The van der Waals surface area contributed by atoms with Crippen molar-refractivity contribution in [1.82, 2.24) is 4.98 Å². The van der Waals surface area contributed by atoms with Crippen molar-refractivity contribution >= 4 is 22.5 Å². The van der Waals surface area contributed by atoms with Gasteiger partial charge in [0.2, 0.25) is 0 Å². The molecule has 0 atom stereocenters. The monoisotopic (exact) mass is 257 g/mol. The number of benzene rings is 2. The Morgan fingerprint density at radius 2 is 1.72 bits per heavy atom. The molecule has 0 bridgehead atoms. The topological polar surface area (TPSA) is 12.9 Å². The molecule has 0 saturated heterocycles. The fourth-order valence-corrected chi connectivity index (χ4v) is 2.21. The van der Waals surface area contributed by atoms with Gasteiger partial charge in [-0.1, -0.05) is 41.9 Å². The molecule has 1 aromatic heterocycles. The van der Waals surface area contributed by atoms with Crippen LogP contribution in [0.15, 0.2) is 54.6 Å². The lowest BCUT2D eigenvalue weighted by molar-refractivity contribution is 0.631. The van der Waals surface area contributed by atoms with Gasteiger partial charge in [0.05, 0.1) is 21.8 Å². The van der Waals surface area contributed by atoms with Crippen molar-refractivity contribution in [1.29, 1.82) is 0 Å². The molecule has 1 nitrogen and oxygen atoms in total. The summed E-state index contributed by atoms with van der Waals surface area (Å²) in [6, 6.07) is 16.1. The second-order valence-electron chi connectivity index (χ2n) is 3.99. The van der Waals surface area contributed by atoms with Crippen LogP contribution in [0.3, 0.4) is 0 Å². The molecule has 0 radical (unpaired) electrons. The first-order valence-electron chi connectivity index (χ1n) is 5.56. The van der Waals surface area contributed by atoms with Gasteiger partial charge in [0, 0.05) is 5.39 Å². The van der Waals surface area contributed by atoms with E-state index in [2.05, 4.69) is 4.98 Å². The van der Waals surface area contributed by atoms with Gasteiger partial charge in [-0.05, 0) is 24.3 Å². The molecule has 0 fully saturated rings. The van der Waals surface area contributed by atoms with E-state index in [1.54, 1.807) is 18.2 Å². The molecule has 2 aromatic carbocycles. The number of nitrogens with zero attached hydrogens (tertiary/aromatic N) is 1. The zero-order chi connectivity index (χ0) is 12.5. The maximum absolute atomic E-state index is 13.8. The predicted octanol–water partition coefficient (Wildman–Crippen LogP) is 4.69. The van der Waals surface area contributed by atoms with Crippen LogP contribution in [0, 0.1) is 5.82 Å². The first kappa shape index (κ1) is 11.2. The number of aromatic nitrogens is 1. The van der Waals surface area contributed by atoms with Crippen molar-refractivity contribution in [3.8, 4) is 11.3 Å². The second-order valence-corrected chi connectivity index (χ2v) is 4.39. The molecule has 1 heterocycles. The van der Waals surface area contributed by atoms with E-state index in [0.29, 0.717) is 16.3 Å². The maximum Gasteiger partial charge on any atom is 0.134 e. The van der Waals surface area contributed by atoms with Gasteiger partial charge in [-0.3, -0.25) is 0 Å². The summed E-state index contributed by atoms with van der Waals surface area (Å²) in [6.07, 6.45) is 0. The van der Waals surface area contributed by atoms with Gasteiger partial charge in [-0.15, -0.1) is 0 Å². The molecule has 0 unspecified atom stereocenters. The van der Waals surface area contributed by atoms with Crippen LogP contribution < -0.4 is 0 Å². The van der Waals surface area contributed by atoms with Gasteiger partial charge in [-0.2, -0.15) is 0 Å². The minimum absolute atomic E-state index is 0.352. The number of halogens is 2. The van der Waals surface area contributed by atoms with Crippen LogP contribution in [0.25, 0.3) is 22.2 Å². The lowest BCUT2D eigenvalue weighted by atomic mass is 10.1. The van der Waals surface area contributed by atoms with E-state index in [0.717, 1.165) is 10.9 Å². The highest BCUT2D eigenvalue weighted by Crippen LogP contribution is 2.30. The second kappa shape index (κ2) is 4.39. The number of hydrogen-bond donors (Lipinski definition) is 0. The molecule has 0 N–H and O–H groups in total. The highest BCUT2D eigenvalue weighted by Gasteiger charge is 2.10. The Bertz CT molecular complexity index is 704. The lowest BCUT2D eigenvalue weighted by Gasteiger charge is -2.06. The summed E-state index contributed by atoms with van der Waals surface area (Å²) >= 11 is 6.04. The molecule has 0 aliphatic carbocycles. The quantitative estimate of drug-likeness (QED) is 0.616. The van der Waals surface area contributed by atoms with Gasteiger partial charge in [0.1, 0.15) is 5.82 Å². The van der Waals surface area contributed by atoms with Crippen LogP contribution in [-0.4, -0.2) is 4.98 Å². The molecule has 0 aliphatic rings. The van der Waals surface area contributed by atoms with E-state index in [1.807, 2.05) is 30.3 Å². The Kier molecular flexibility index (Phi) is 2.73. The SMILES string of the molecule is Fc1cccc(Cl)c1-c1ccc2ccccc2n1. The van der Waals surface area contributed by atoms with Crippen LogP contribution >= 0.6 is 11.6 Å². The van der Waals surface area contributed by atoms with Gasteiger partial charge < -0.3 is 0 Å². The third-order valence-corrected chi connectivity index (χ3v) is 3.13. The highest BCUT2D eigenvalue weighted by atomic mass is 35.5. The van der Waals surface area contributed by atoms with Crippen LogP contribution in [-0.2, 0) is 0 Å². The van der Waals surface area contributed by atoms with E-state index in [1.165, 1.54) is 6.07 Å². The Labute approximate surface area is 109 Å². The molecule has 0 saturated carbocycles. The Morgan fingerprint density at radius 3 is 2.56 bits per heavy atom. The van der Waals surface area contributed by atoms with E-state index in [9.17, 15) is 4.39 Å².